The van der Waals surface area contributed by atoms with Crippen LogP contribution < -0.4 is 10.6 Å². The molecule has 0 bridgehead atoms. The molecule has 2 amide bonds. The zero-order valence-electron chi connectivity index (χ0n) is 20.5. The highest BCUT2D eigenvalue weighted by Gasteiger charge is 2.27. The van der Waals surface area contributed by atoms with Gasteiger partial charge < -0.3 is 15.7 Å². The maximum Gasteiger partial charge on any atom is 0.278 e. The third kappa shape index (κ3) is 4.52. The summed E-state index contributed by atoms with van der Waals surface area (Å²) >= 11 is 0. The number of aryl methyl sites for hydroxylation is 2. The van der Waals surface area contributed by atoms with E-state index in [0.717, 1.165) is 27.6 Å². The third-order valence-electron chi connectivity index (χ3n) is 6.63. The van der Waals surface area contributed by atoms with Gasteiger partial charge in [0.1, 0.15) is 17.2 Å². The second-order valence-electron chi connectivity index (χ2n) is 9.16. The summed E-state index contributed by atoms with van der Waals surface area (Å²) in [5, 5.41) is 37.2. The molecule has 2 aromatic carbocycles. The molecular weight excluding hydrogens is 507 g/mol. The molecule has 1 aliphatic rings. The molecule has 0 aliphatic heterocycles. The van der Waals surface area contributed by atoms with Gasteiger partial charge in [0.2, 0.25) is 11.5 Å². The molecule has 6 rings (SSSR count). The number of hydrogen-bond donors (Lipinski definition) is 4. The molecule has 0 saturated heterocycles. The summed E-state index contributed by atoms with van der Waals surface area (Å²) in [7, 11) is 0. The van der Waals surface area contributed by atoms with E-state index in [2.05, 4.69) is 46.6 Å². The van der Waals surface area contributed by atoms with Crippen molar-refractivity contribution >= 4 is 17.5 Å². The minimum Gasteiger partial charge on any atom is -0.489 e. The average Bonchev–Trinajstić information content (AvgIpc) is 3.69. The Hall–Kier alpha value is -5.27. The molecule has 4 N–H and O–H groups in total. The van der Waals surface area contributed by atoms with Crippen LogP contribution in [0.15, 0.2) is 42.5 Å². The second-order valence-corrected chi connectivity index (χ2v) is 9.16. The number of H-pyrrole nitrogens is 1. The van der Waals surface area contributed by atoms with Crippen molar-refractivity contribution in [3.63, 3.8) is 0 Å². The van der Waals surface area contributed by atoms with Crippen molar-refractivity contribution in [2.75, 3.05) is 0 Å². The molecule has 1 aliphatic carbocycles. The molecule has 1 atom stereocenters. The van der Waals surface area contributed by atoms with Gasteiger partial charge in [-0.25, -0.2) is 9.37 Å². The van der Waals surface area contributed by atoms with Gasteiger partial charge in [0, 0.05) is 18.2 Å². The predicted octanol–water partition coefficient (Wildman–Crippen LogP) is 1.80. The van der Waals surface area contributed by atoms with E-state index in [4.69, 9.17) is 0 Å². The molecule has 0 spiro atoms. The quantitative estimate of drug-likeness (QED) is 0.256. The predicted molar refractivity (Wildman–Crippen MR) is 133 cm³/mol. The highest BCUT2D eigenvalue weighted by Crippen LogP contribution is 2.33. The highest BCUT2D eigenvalue weighted by molar-refractivity contribution is 5.98. The standard InChI is InChI=1S/C25H21FN10O3/c1-12-8-13(2-6-17(12)26)11-27-24(38)20-10-19(28-22-25(39)32-35-36(20)22)23(37)29-18-7-4-14-9-15(3-5-16(14)18)21-30-33-34-31-21/h2-3,5-6,8-10,18,39H,4,7,11H2,1H3,(H,27,38)(H,29,37)(H,30,31,33,34)/t18-/m0/s1. The van der Waals surface area contributed by atoms with E-state index < -0.39 is 17.7 Å². The van der Waals surface area contributed by atoms with Crippen LogP contribution in [0.25, 0.3) is 17.0 Å². The van der Waals surface area contributed by atoms with E-state index in [0.29, 0.717) is 23.4 Å². The van der Waals surface area contributed by atoms with Gasteiger partial charge in [-0.05, 0) is 59.4 Å². The number of fused-ring (bicyclic) bond motifs is 2. The Morgan fingerprint density at radius 2 is 2.03 bits per heavy atom. The van der Waals surface area contributed by atoms with Crippen molar-refractivity contribution in [2.24, 2.45) is 0 Å². The number of benzene rings is 2. The Kier molecular flexibility index (Phi) is 5.90. The SMILES string of the molecule is Cc1cc(CNC(=O)c2cc(C(=O)N[C@H]3CCc4cc(-c5nn[nH]n5)ccc43)nc3c(O)nnn23)ccc1F. The Bertz CT molecular complexity index is 1730. The third-order valence-corrected chi connectivity index (χ3v) is 6.63. The van der Waals surface area contributed by atoms with E-state index in [1.54, 1.807) is 19.1 Å². The van der Waals surface area contributed by atoms with Crippen molar-refractivity contribution in [1.29, 1.82) is 0 Å². The molecule has 0 fully saturated rings. The van der Waals surface area contributed by atoms with Gasteiger partial charge in [0.15, 0.2) is 0 Å². The number of halogens is 1. The normalized spacial score (nSPS) is 14.4. The molecule has 14 heteroatoms. The number of hydrogen-bond acceptors (Lipinski definition) is 9. The van der Waals surface area contributed by atoms with Gasteiger partial charge in [-0.1, -0.05) is 34.6 Å². The maximum absolute atomic E-state index is 13.6. The number of tetrazole rings is 1. The number of carbonyl (C=O) groups excluding carboxylic acids is 2. The van der Waals surface area contributed by atoms with Gasteiger partial charge in [0.25, 0.3) is 17.7 Å². The molecular formula is C25H21FN10O3. The number of amides is 2. The number of aromatic amines is 1. The largest absolute Gasteiger partial charge is 0.489 e. The number of carbonyl (C=O) groups is 2. The topological polar surface area (TPSA) is 176 Å². The lowest BCUT2D eigenvalue weighted by Crippen LogP contribution is -2.30. The average molecular weight is 529 g/mol. The summed E-state index contributed by atoms with van der Waals surface area (Å²) in [5.74, 6) is -1.48. The lowest BCUT2D eigenvalue weighted by atomic mass is 10.0. The zero-order chi connectivity index (χ0) is 27.1. The molecule has 0 saturated carbocycles. The summed E-state index contributed by atoms with van der Waals surface area (Å²) < 4.78 is 14.6. The first-order valence-electron chi connectivity index (χ1n) is 12.0. The minimum absolute atomic E-state index is 0.0478. The van der Waals surface area contributed by atoms with E-state index in [-0.39, 0.29) is 35.4 Å². The van der Waals surface area contributed by atoms with Gasteiger partial charge in [-0.2, -0.15) is 9.73 Å². The van der Waals surface area contributed by atoms with Crippen molar-refractivity contribution < 1.29 is 19.1 Å². The fourth-order valence-electron chi connectivity index (χ4n) is 4.66. The maximum atomic E-state index is 13.6. The van der Waals surface area contributed by atoms with Crippen LogP contribution >= 0.6 is 0 Å². The van der Waals surface area contributed by atoms with Crippen LogP contribution in [0.3, 0.4) is 0 Å². The Morgan fingerprint density at radius 3 is 2.82 bits per heavy atom. The van der Waals surface area contributed by atoms with Gasteiger partial charge in [-0.15, -0.1) is 10.2 Å². The number of aromatic hydroxyl groups is 1. The molecule has 0 radical (unpaired) electrons. The summed E-state index contributed by atoms with van der Waals surface area (Å²) in [6.45, 7) is 1.74. The first-order valence-corrected chi connectivity index (χ1v) is 12.0. The first kappa shape index (κ1) is 24.1. The molecule has 5 aromatic rings. The van der Waals surface area contributed by atoms with Crippen LogP contribution in [0.5, 0.6) is 5.88 Å². The van der Waals surface area contributed by atoms with Crippen LogP contribution in [-0.4, -0.2) is 57.4 Å². The van der Waals surface area contributed by atoms with Crippen molar-refractivity contribution in [2.45, 2.75) is 32.4 Å². The first-order chi connectivity index (χ1) is 18.9. The van der Waals surface area contributed by atoms with Crippen LogP contribution in [0, 0.1) is 12.7 Å². The van der Waals surface area contributed by atoms with Crippen LogP contribution in [0.4, 0.5) is 4.39 Å². The number of aromatic nitrogens is 8. The lowest BCUT2D eigenvalue weighted by molar-refractivity contribution is 0.0931. The lowest BCUT2D eigenvalue weighted by Gasteiger charge is -2.15. The summed E-state index contributed by atoms with van der Waals surface area (Å²) in [6, 6.07) is 11.3. The molecule has 0 unspecified atom stereocenters. The molecule has 13 nitrogen and oxygen atoms in total. The van der Waals surface area contributed by atoms with Gasteiger partial charge >= 0.3 is 0 Å². The van der Waals surface area contributed by atoms with E-state index in [9.17, 15) is 19.1 Å². The monoisotopic (exact) mass is 528 g/mol. The van der Waals surface area contributed by atoms with Crippen LogP contribution in [-0.2, 0) is 13.0 Å². The second kappa shape index (κ2) is 9.55. The molecule has 3 heterocycles. The highest BCUT2D eigenvalue weighted by atomic mass is 19.1. The summed E-state index contributed by atoms with van der Waals surface area (Å²) in [6.07, 6.45) is 1.41. The van der Waals surface area contributed by atoms with Crippen LogP contribution in [0.2, 0.25) is 0 Å². The molecule has 39 heavy (non-hydrogen) atoms. The van der Waals surface area contributed by atoms with Crippen molar-refractivity contribution in [1.82, 2.24) is 51.1 Å². The smallest absolute Gasteiger partial charge is 0.278 e. The number of nitrogens with one attached hydrogen (secondary N) is 3. The fourth-order valence-corrected chi connectivity index (χ4v) is 4.66. The van der Waals surface area contributed by atoms with Gasteiger partial charge in [-0.3, -0.25) is 9.59 Å². The molecule has 196 valence electrons. The zero-order valence-corrected chi connectivity index (χ0v) is 20.5. The minimum atomic E-state index is -0.580. The van der Waals surface area contributed by atoms with Gasteiger partial charge in [0.05, 0.1) is 6.04 Å². The van der Waals surface area contributed by atoms with Crippen molar-refractivity contribution in [3.05, 3.63) is 81.9 Å². The Morgan fingerprint density at radius 1 is 1.15 bits per heavy atom. The van der Waals surface area contributed by atoms with Crippen LogP contribution in [0.1, 0.15) is 55.7 Å². The number of rotatable bonds is 6. The summed E-state index contributed by atoms with van der Waals surface area (Å²) in [5.41, 5.74) is 3.70. The Balaban J connectivity index is 1.23. The Labute approximate surface area is 219 Å². The van der Waals surface area contributed by atoms with Crippen molar-refractivity contribution in [3.8, 4) is 17.3 Å². The van der Waals surface area contributed by atoms with E-state index in [1.807, 2.05) is 18.2 Å². The van der Waals surface area contributed by atoms with E-state index >= 15 is 0 Å². The summed E-state index contributed by atoms with van der Waals surface area (Å²) in [4.78, 5) is 30.5. The molecule has 3 aromatic heterocycles. The number of nitrogens with zero attached hydrogens (tertiary/aromatic N) is 7. The van der Waals surface area contributed by atoms with E-state index in [1.165, 1.54) is 12.1 Å². The fraction of sp³-hybridized carbons (Fsp3) is 0.200.